The van der Waals surface area contributed by atoms with Gasteiger partial charge in [0.05, 0.1) is 11.1 Å². The second kappa shape index (κ2) is 8.08. The molecule has 5 aliphatic carbocycles. The van der Waals surface area contributed by atoms with E-state index in [0.29, 0.717) is 27.6 Å². The van der Waals surface area contributed by atoms with E-state index >= 15 is 0 Å². The zero-order chi connectivity index (χ0) is 26.8. The first-order valence-electron chi connectivity index (χ1n) is 15.8. The minimum atomic E-state index is -0.186. The van der Waals surface area contributed by atoms with Gasteiger partial charge >= 0.3 is 0 Å². The smallest absolute Gasteiger partial charge is 0.0889 e. The van der Waals surface area contributed by atoms with Crippen LogP contribution in [0.1, 0.15) is 120 Å². The van der Waals surface area contributed by atoms with Crippen LogP contribution in [-0.4, -0.2) is 34.2 Å². The van der Waals surface area contributed by atoms with E-state index in [2.05, 4.69) is 66.4 Å². The topological polar surface area (TPSA) is 23.5 Å². The Morgan fingerprint density at radius 3 is 2.24 bits per heavy atom. The number of thiocarbonyl (C=S) groups is 1. The van der Waals surface area contributed by atoms with Crippen LogP contribution in [0.4, 0.5) is 0 Å². The van der Waals surface area contributed by atoms with Gasteiger partial charge in [-0.15, -0.1) is 0 Å². The Bertz CT molecular complexity index is 1010. The molecular weight excluding hydrogens is 470 g/mol. The number of nitrogens with zero attached hydrogens (tertiary/aromatic N) is 1. The van der Waals surface area contributed by atoms with Crippen molar-refractivity contribution in [3.05, 3.63) is 11.6 Å². The fourth-order valence-corrected chi connectivity index (χ4v) is 12.2. The maximum Gasteiger partial charge on any atom is 0.0889 e. The summed E-state index contributed by atoms with van der Waals surface area (Å²) in [6.45, 7) is 22.4. The summed E-state index contributed by atoms with van der Waals surface area (Å²) in [6, 6.07) is 0. The zero-order valence-electron chi connectivity index (χ0n) is 25.3. The maximum absolute atomic E-state index is 10.1. The van der Waals surface area contributed by atoms with Crippen LogP contribution in [0.2, 0.25) is 0 Å². The summed E-state index contributed by atoms with van der Waals surface area (Å²) in [5.74, 6) is 3.05. The van der Waals surface area contributed by atoms with E-state index in [9.17, 15) is 5.11 Å². The molecule has 2 nitrogen and oxygen atoms in total. The van der Waals surface area contributed by atoms with Gasteiger partial charge in [0.2, 0.25) is 0 Å². The highest BCUT2D eigenvalue weighted by Crippen LogP contribution is 2.76. The summed E-state index contributed by atoms with van der Waals surface area (Å²) < 4.78 is 0. The van der Waals surface area contributed by atoms with Crippen LogP contribution in [-0.2, 0) is 0 Å². The summed E-state index contributed by atoms with van der Waals surface area (Å²) in [6.07, 6.45) is 15.8. The van der Waals surface area contributed by atoms with Crippen LogP contribution < -0.4 is 0 Å². The van der Waals surface area contributed by atoms with Gasteiger partial charge in [-0.1, -0.05) is 79.3 Å². The van der Waals surface area contributed by atoms with E-state index in [-0.39, 0.29) is 16.9 Å². The first kappa shape index (κ1) is 26.8. The van der Waals surface area contributed by atoms with E-state index in [1.54, 1.807) is 5.57 Å². The molecule has 8 atom stereocenters. The van der Waals surface area contributed by atoms with Crippen molar-refractivity contribution in [1.82, 2.24) is 4.90 Å². The minimum absolute atomic E-state index is 0.128. The van der Waals surface area contributed by atoms with Crippen molar-refractivity contribution in [3.63, 3.8) is 0 Å². The van der Waals surface area contributed by atoms with Gasteiger partial charge in [-0.2, -0.15) is 0 Å². The molecule has 3 heteroatoms. The molecular formula is C34H55NOS. The van der Waals surface area contributed by atoms with Crippen molar-refractivity contribution in [2.45, 2.75) is 126 Å². The number of β-amino-alcohol motifs (C(OH)–C–C–N with tert-alkyl or cyclic N) is 1. The predicted octanol–water partition coefficient (Wildman–Crippen LogP) is 8.43. The monoisotopic (exact) mass is 525 g/mol. The Hall–Kier alpha value is -0.410. The molecule has 0 radical (unpaired) electrons. The molecule has 1 heterocycles. The Balaban J connectivity index is 1.41. The quantitative estimate of drug-likeness (QED) is 0.274. The predicted molar refractivity (Wildman–Crippen MR) is 158 cm³/mol. The molecule has 0 bridgehead atoms. The number of likely N-dealkylation sites (tertiary alicyclic amines) is 1. The van der Waals surface area contributed by atoms with Gasteiger partial charge in [-0.3, -0.25) is 0 Å². The average Bonchev–Trinajstić information content (AvgIpc) is 2.79. The number of fused-ring (bicyclic) bond motifs is 7. The third kappa shape index (κ3) is 3.41. The molecule has 37 heavy (non-hydrogen) atoms. The fraction of sp³-hybridized carbons (Fsp3) is 0.912. The van der Waals surface area contributed by atoms with Crippen LogP contribution in [0.3, 0.4) is 0 Å². The fourth-order valence-electron chi connectivity index (χ4n) is 11.7. The molecule has 0 amide bonds. The zero-order valence-corrected chi connectivity index (χ0v) is 26.1. The average molecular weight is 526 g/mol. The van der Waals surface area contributed by atoms with Gasteiger partial charge in [-0.25, -0.2) is 0 Å². The summed E-state index contributed by atoms with van der Waals surface area (Å²) in [5, 5.41) is 10.1. The Labute approximate surface area is 233 Å². The summed E-state index contributed by atoms with van der Waals surface area (Å²) in [4.78, 5) is 3.56. The number of hydrogen-bond acceptors (Lipinski definition) is 2. The van der Waals surface area contributed by atoms with Crippen molar-refractivity contribution < 1.29 is 5.11 Å². The molecule has 208 valence electrons. The lowest BCUT2D eigenvalue weighted by molar-refractivity contribution is -0.188. The van der Waals surface area contributed by atoms with Crippen molar-refractivity contribution in [2.75, 3.05) is 13.1 Å². The van der Waals surface area contributed by atoms with Gasteiger partial charge in [0.15, 0.2) is 0 Å². The van der Waals surface area contributed by atoms with Crippen LogP contribution in [0.5, 0.6) is 0 Å². The number of aliphatic hydroxyl groups is 1. The summed E-state index contributed by atoms with van der Waals surface area (Å²) in [7, 11) is 0. The first-order valence-corrected chi connectivity index (χ1v) is 16.2. The third-order valence-electron chi connectivity index (χ3n) is 14.8. The number of allylic oxidation sites excluding steroid dienone is 2. The van der Waals surface area contributed by atoms with Crippen molar-refractivity contribution in [3.8, 4) is 0 Å². The highest BCUT2D eigenvalue weighted by atomic mass is 32.1. The van der Waals surface area contributed by atoms with Crippen LogP contribution in [0.25, 0.3) is 0 Å². The van der Waals surface area contributed by atoms with E-state index < -0.39 is 0 Å². The Morgan fingerprint density at radius 2 is 1.57 bits per heavy atom. The molecule has 6 rings (SSSR count). The van der Waals surface area contributed by atoms with E-state index in [4.69, 9.17) is 12.2 Å². The number of hydrogen-bond donors (Lipinski definition) is 1. The lowest BCUT2D eigenvalue weighted by atomic mass is 9.33. The van der Waals surface area contributed by atoms with Crippen LogP contribution >= 0.6 is 12.2 Å². The van der Waals surface area contributed by atoms with E-state index in [1.165, 1.54) is 69.2 Å². The Morgan fingerprint density at radius 1 is 0.892 bits per heavy atom. The van der Waals surface area contributed by atoms with Crippen molar-refractivity contribution >= 4 is 17.2 Å². The lowest BCUT2D eigenvalue weighted by Gasteiger charge is -2.72. The summed E-state index contributed by atoms with van der Waals surface area (Å²) >= 11 is 6.35. The highest BCUT2D eigenvalue weighted by Gasteiger charge is 2.68. The molecule has 1 unspecified atom stereocenters. The van der Waals surface area contributed by atoms with Gasteiger partial charge in [0.25, 0.3) is 0 Å². The molecule has 1 N–H and O–H groups in total. The van der Waals surface area contributed by atoms with Gasteiger partial charge in [-0.05, 0) is 115 Å². The van der Waals surface area contributed by atoms with Gasteiger partial charge in [0.1, 0.15) is 0 Å². The van der Waals surface area contributed by atoms with E-state index in [0.717, 1.165) is 30.8 Å². The molecule has 1 aliphatic heterocycles. The number of aliphatic hydroxyl groups excluding tert-OH is 1. The van der Waals surface area contributed by atoms with Gasteiger partial charge < -0.3 is 10.0 Å². The highest BCUT2D eigenvalue weighted by molar-refractivity contribution is 7.80. The minimum Gasteiger partial charge on any atom is -0.389 e. The largest absolute Gasteiger partial charge is 0.389 e. The SMILES string of the molecule is C[C@H]1CC[C@]2(C)C3CC=C4[C@@H]5CC(C)(C)CC[C@]5(C(=S)N5CC(O)C5)CC[C@@]4(C)[C@]3(C)CC[C@H]2C1(C)C. The molecule has 1 saturated heterocycles. The summed E-state index contributed by atoms with van der Waals surface area (Å²) in [5.41, 5.74) is 3.87. The lowest BCUT2D eigenvalue weighted by Crippen LogP contribution is -2.66. The molecule has 0 spiro atoms. The standard InChI is InChI=1S/C34H55NOS/c1-22-11-13-31(6)26(30(22,4)5)12-14-33(8)27(31)10-9-24-25-19-29(2,3)15-17-34(25,18-16-32(24,33)7)28(37)35-20-23(36)21-35/h9,22-23,25-27,36H,10-21H2,1-8H3/t22-,25-,26-,27?,31-,32+,33+,34-/m0/s1. The molecule has 0 aromatic heterocycles. The molecule has 5 fully saturated rings. The normalized spacial score (nSPS) is 50.5. The molecule has 0 aromatic carbocycles. The van der Waals surface area contributed by atoms with Gasteiger partial charge in [0, 0.05) is 18.5 Å². The van der Waals surface area contributed by atoms with Crippen molar-refractivity contribution in [2.24, 2.45) is 56.2 Å². The molecule has 4 saturated carbocycles. The molecule has 6 aliphatic rings. The second-order valence-corrected chi connectivity index (χ2v) is 17.4. The number of rotatable bonds is 1. The molecule has 0 aromatic rings. The van der Waals surface area contributed by atoms with E-state index in [1.807, 2.05) is 0 Å². The first-order chi connectivity index (χ1) is 17.1. The third-order valence-corrected chi connectivity index (χ3v) is 15.4. The van der Waals surface area contributed by atoms with Crippen LogP contribution in [0.15, 0.2) is 11.6 Å². The Kier molecular flexibility index (Phi) is 5.85. The van der Waals surface area contributed by atoms with Crippen LogP contribution in [0, 0.1) is 56.2 Å². The second-order valence-electron chi connectivity index (χ2n) is 17.0. The van der Waals surface area contributed by atoms with Crippen molar-refractivity contribution in [1.29, 1.82) is 0 Å². The maximum atomic E-state index is 10.1.